The summed E-state index contributed by atoms with van der Waals surface area (Å²) in [4.78, 5) is 11.5. The molecule has 7 heteroatoms. The number of methoxy groups -OCH3 is 1. The van der Waals surface area contributed by atoms with Crippen LogP contribution < -0.4 is 0 Å². The van der Waals surface area contributed by atoms with Crippen LogP contribution in [0, 0.1) is 0 Å². The van der Waals surface area contributed by atoms with Crippen molar-refractivity contribution in [2.45, 2.75) is 10.9 Å². The SMILES string of the molecule is COC(=O)c1ccc(-n2nnnc2SCc2ccccc2)cc1. The second kappa shape index (κ2) is 7.06. The van der Waals surface area contributed by atoms with Crippen LogP contribution in [-0.4, -0.2) is 33.3 Å². The van der Waals surface area contributed by atoms with Crippen LogP contribution in [0.5, 0.6) is 0 Å². The van der Waals surface area contributed by atoms with Crippen LogP contribution in [0.2, 0.25) is 0 Å². The maximum atomic E-state index is 11.5. The topological polar surface area (TPSA) is 69.9 Å². The fraction of sp³-hybridized carbons (Fsp3) is 0.125. The molecular weight excluding hydrogens is 312 g/mol. The Morgan fingerprint density at radius 1 is 1.13 bits per heavy atom. The van der Waals surface area contributed by atoms with Crippen molar-refractivity contribution in [2.75, 3.05) is 7.11 Å². The molecule has 0 spiro atoms. The van der Waals surface area contributed by atoms with E-state index >= 15 is 0 Å². The second-order valence-electron chi connectivity index (χ2n) is 4.69. The van der Waals surface area contributed by atoms with Gasteiger partial charge in [-0.1, -0.05) is 42.1 Å². The van der Waals surface area contributed by atoms with Gasteiger partial charge in [0, 0.05) is 5.75 Å². The molecule has 3 aromatic rings. The van der Waals surface area contributed by atoms with E-state index in [1.165, 1.54) is 12.7 Å². The van der Waals surface area contributed by atoms with Gasteiger partial charge in [0.25, 0.3) is 0 Å². The number of aromatic nitrogens is 4. The number of ether oxygens (including phenoxy) is 1. The highest BCUT2D eigenvalue weighted by Gasteiger charge is 2.11. The summed E-state index contributed by atoms with van der Waals surface area (Å²) in [6.07, 6.45) is 0. The number of thioether (sulfide) groups is 1. The lowest BCUT2D eigenvalue weighted by molar-refractivity contribution is 0.0600. The van der Waals surface area contributed by atoms with E-state index in [1.807, 2.05) is 18.2 Å². The van der Waals surface area contributed by atoms with Crippen molar-refractivity contribution < 1.29 is 9.53 Å². The summed E-state index contributed by atoms with van der Waals surface area (Å²) in [5, 5.41) is 12.5. The molecule has 0 aliphatic heterocycles. The van der Waals surface area contributed by atoms with E-state index in [4.69, 9.17) is 0 Å². The molecule has 0 unspecified atom stereocenters. The van der Waals surface area contributed by atoms with Crippen molar-refractivity contribution in [3.05, 3.63) is 65.7 Å². The highest BCUT2D eigenvalue weighted by molar-refractivity contribution is 7.98. The number of hydrogen-bond acceptors (Lipinski definition) is 6. The Kier molecular flexibility index (Phi) is 4.68. The van der Waals surface area contributed by atoms with Gasteiger partial charge in [-0.05, 0) is 40.3 Å². The lowest BCUT2D eigenvalue weighted by Gasteiger charge is -2.05. The van der Waals surface area contributed by atoms with Gasteiger partial charge in [-0.3, -0.25) is 0 Å². The summed E-state index contributed by atoms with van der Waals surface area (Å²) in [6, 6.07) is 17.1. The number of carbonyl (C=O) groups is 1. The Bertz CT molecular complexity index is 787. The van der Waals surface area contributed by atoms with Gasteiger partial charge in [-0.25, -0.2) is 4.79 Å². The standard InChI is InChI=1S/C16H14N4O2S/c1-22-15(21)13-7-9-14(10-8-13)20-16(17-18-19-20)23-11-12-5-3-2-4-6-12/h2-10H,11H2,1H3. The molecule has 6 nitrogen and oxygen atoms in total. The number of nitrogens with zero attached hydrogens (tertiary/aromatic N) is 4. The molecule has 0 aliphatic rings. The van der Waals surface area contributed by atoms with Crippen molar-refractivity contribution >= 4 is 17.7 Å². The number of tetrazole rings is 1. The maximum Gasteiger partial charge on any atom is 0.337 e. The van der Waals surface area contributed by atoms with Crippen LogP contribution in [0.4, 0.5) is 0 Å². The predicted molar refractivity (Wildman–Crippen MR) is 86.5 cm³/mol. The molecule has 0 amide bonds. The third-order valence-corrected chi connectivity index (χ3v) is 4.18. The predicted octanol–water partition coefficient (Wildman–Crippen LogP) is 2.74. The van der Waals surface area contributed by atoms with Gasteiger partial charge in [0.2, 0.25) is 5.16 Å². The summed E-state index contributed by atoms with van der Waals surface area (Å²) < 4.78 is 6.34. The third kappa shape index (κ3) is 3.57. The van der Waals surface area contributed by atoms with Gasteiger partial charge < -0.3 is 4.74 Å². The first-order chi connectivity index (χ1) is 11.3. The van der Waals surface area contributed by atoms with Crippen molar-refractivity contribution in [2.24, 2.45) is 0 Å². The number of rotatable bonds is 5. The largest absolute Gasteiger partial charge is 0.465 e. The molecule has 1 heterocycles. The molecule has 116 valence electrons. The lowest BCUT2D eigenvalue weighted by Crippen LogP contribution is -2.03. The van der Waals surface area contributed by atoms with Gasteiger partial charge in [0.1, 0.15) is 0 Å². The minimum Gasteiger partial charge on any atom is -0.465 e. The van der Waals surface area contributed by atoms with Crippen molar-refractivity contribution in [3.8, 4) is 5.69 Å². The average molecular weight is 326 g/mol. The molecule has 0 bridgehead atoms. The normalized spacial score (nSPS) is 10.5. The van der Waals surface area contributed by atoms with Crippen LogP contribution in [0.25, 0.3) is 5.69 Å². The zero-order valence-electron chi connectivity index (χ0n) is 12.4. The van der Waals surface area contributed by atoms with Crippen LogP contribution in [0.15, 0.2) is 59.8 Å². The fourth-order valence-electron chi connectivity index (χ4n) is 2.01. The number of esters is 1. The quantitative estimate of drug-likeness (QED) is 0.530. The average Bonchev–Trinajstić information content (AvgIpc) is 3.09. The zero-order chi connectivity index (χ0) is 16.1. The second-order valence-corrected chi connectivity index (χ2v) is 5.63. The van der Waals surface area contributed by atoms with Crippen LogP contribution in [-0.2, 0) is 10.5 Å². The lowest BCUT2D eigenvalue weighted by atomic mass is 10.2. The Hall–Kier alpha value is -2.67. The summed E-state index contributed by atoms with van der Waals surface area (Å²) in [5.41, 5.74) is 2.48. The molecule has 1 aromatic heterocycles. The maximum absolute atomic E-state index is 11.5. The van der Waals surface area contributed by atoms with Crippen LogP contribution >= 0.6 is 11.8 Å². The minimum atomic E-state index is -0.369. The molecule has 3 rings (SSSR count). The van der Waals surface area contributed by atoms with Gasteiger partial charge in [0.05, 0.1) is 18.4 Å². The monoisotopic (exact) mass is 326 g/mol. The van der Waals surface area contributed by atoms with Crippen molar-refractivity contribution in [1.82, 2.24) is 20.2 Å². The number of hydrogen-bond donors (Lipinski definition) is 0. The molecule has 0 saturated heterocycles. The van der Waals surface area contributed by atoms with Crippen LogP contribution in [0.1, 0.15) is 15.9 Å². The molecule has 0 saturated carbocycles. The minimum absolute atomic E-state index is 0.369. The third-order valence-electron chi connectivity index (χ3n) is 3.18. The van der Waals surface area contributed by atoms with Gasteiger partial charge in [-0.2, -0.15) is 4.68 Å². The van der Waals surface area contributed by atoms with Crippen molar-refractivity contribution in [1.29, 1.82) is 0 Å². The summed E-state index contributed by atoms with van der Waals surface area (Å²) >= 11 is 1.55. The van der Waals surface area contributed by atoms with E-state index in [9.17, 15) is 4.79 Å². The molecule has 2 aromatic carbocycles. The Labute approximate surface area is 137 Å². The summed E-state index contributed by atoms with van der Waals surface area (Å²) in [7, 11) is 1.36. The van der Waals surface area contributed by atoms with Gasteiger partial charge in [0.15, 0.2) is 0 Å². The molecule has 0 N–H and O–H groups in total. The first kappa shape index (κ1) is 15.2. The first-order valence-electron chi connectivity index (χ1n) is 6.92. The van der Waals surface area contributed by atoms with E-state index in [-0.39, 0.29) is 5.97 Å². The highest BCUT2D eigenvalue weighted by atomic mass is 32.2. The molecule has 0 atom stereocenters. The number of benzene rings is 2. The summed E-state index contributed by atoms with van der Waals surface area (Å²) in [5.74, 6) is 0.411. The Morgan fingerprint density at radius 2 is 1.87 bits per heavy atom. The smallest absolute Gasteiger partial charge is 0.337 e. The van der Waals surface area contributed by atoms with E-state index in [0.717, 1.165) is 11.4 Å². The Morgan fingerprint density at radius 3 is 2.57 bits per heavy atom. The number of carbonyl (C=O) groups excluding carboxylic acids is 1. The molecule has 0 radical (unpaired) electrons. The van der Waals surface area contributed by atoms with E-state index < -0.39 is 0 Å². The van der Waals surface area contributed by atoms with Gasteiger partial charge in [-0.15, -0.1) is 5.10 Å². The van der Waals surface area contributed by atoms with E-state index in [1.54, 1.807) is 40.7 Å². The van der Waals surface area contributed by atoms with Crippen molar-refractivity contribution in [3.63, 3.8) is 0 Å². The van der Waals surface area contributed by atoms with E-state index in [2.05, 4.69) is 32.4 Å². The molecule has 23 heavy (non-hydrogen) atoms. The first-order valence-corrected chi connectivity index (χ1v) is 7.90. The molecule has 0 fully saturated rings. The summed E-state index contributed by atoms with van der Waals surface area (Å²) in [6.45, 7) is 0. The highest BCUT2D eigenvalue weighted by Crippen LogP contribution is 2.22. The fourth-order valence-corrected chi connectivity index (χ4v) is 2.86. The zero-order valence-corrected chi connectivity index (χ0v) is 13.2. The van der Waals surface area contributed by atoms with E-state index in [0.29, 0.717) is 10.7 Å². The molecule has 0 aliphatic carbocycles. The van der Waals surface area contributed by atoms with Gasteiger partial charge >= 0.3 is 5.97 Å². The molecular formula is C16H14N4O2S. The van der Waals surface area contributed by atoms with Crippen LogP contribution in [0.3, 0.4) is 0 Å². The Balaban J connectivity index is 1.76.